The van der Waals surface area contributed by atoms with Gasteiger partial charge in [-0.2, -0.15) is 0 Å². The molecule has 1 aliphatic heterocycles. The average molecular weight is 535 g/mol. The third kappa shape index (κ3) is 6.76. The number of hydrogen-bond acceptors (Lipinski definition) is 4. The summed E-state index contributed by atoms with van der Waals surface area (Å²) in [4.78, 5) is 28.5. The van der Waals surface area contributed by atoms with Gasteiger partial charge in [-0.15, -0.1) is 0 Å². The highest BCUT2D eigenvalue weighted by atomic mass is 16.2. The van der Waals surface area contributed by atoms with Gasteiger partial charge in [0.1, 0.15) is 0 Å². The molecule has 6 heteroatoms. The molecule has 0 unspecified atom stereocenters. The van der Waals surface area contributed by atoms with Crippen LogP contribution in [0, 0.1) is 0 Å². The Balaban J connectivity index is 1.24. The number of hydrogen-bond donors (Lipinski definition) is 3. The SMILES string of the molecule is NCC[C@@H]1N[C@H](CCNC(=O)c2ccc3ccccc3c2)CCN(CC(c2ccccc2)c2ccccc2)C1=O. The topological polar surface area (TPSA) is 87.5 Å². The number of carbonyl (C=O) groups is 2. The quantitative estimate of drug-likeness (QED) is 0.275. The van der Waals surface area contributed by atoms with Gasteiger partial charge in [0.2, 0.25) is 5.91 Å². The molecule has 2 amide bonds. The van der Waals surface area contributed by atoms with E-state index in [1.807, 2.05) is 59.5 Å². The van der Waals surface area contributed by atoms with Crippen LogP contribution in [0.3, 0.4) is 0 Å². The van der Waals surface area contributed by atoms with Crippen LogP contribution in [0.1, 0.15) is 46.7 Å². The molecule has 1 saturated heterocycles. The maximum absolute atomic E-state index is 13.7. The molecule has 0 saturated carbocycles. The minimum absolute atomic E-state index is 0.0795. The van der Waals surface area contributed by atoms with Crippen molar-refractivity contribution >= 4 is 22.6 Å². The lowest BCUT2D eigenvalue weighted by Gasteiger charge is -2.29. The van der Waals surface area contributed by atoms with Crippen LogP contribution in [0.2, 0.25) is 0 Å². The van der Waals surface area contributed by atoms with Gasteiger partial charge < -0.3 is 21.3 Å². The zero-order valence-corrected chi connectivity index (χ0v) is 22.8. The number of nitrogens with two attached hydrogens (primary N) is 1. The first kappa shape index (κ1) is 27.6. The molecule has 0 aliphatic carbocycles. The minimum atomic E-state index is -0.333. The highest BCUT2D eigenvalue weighted by molar-refractivity contribution is 5.98. The maximum atomic E-state index is 13.7. The van der Waals surface area contributed by atoms with E-state index in [2.05, 4.69) is 59.2 Å². The highest BCUT2D eigenvalue weighted by Crippen LogP contribution is 2.27. The van der Waals surface area contributed by atoms with Crippen LogP contribution in [0.15, 0.2) is 103 Å². The van der Waals surface area contributed by atoms with Crippen LogP contribution in [-0.2, 0) is 4.79 Å². The molecule has 40 heavy (non-hydrogen) atoms. The number of nitrogens with zero attached hydrogens (tertiary/aromatic N) is 1. The van der Waals surface area contributed by atoms with Crippen molar-refractivity contribution < 1.29 is 9.59 Å². The number of carbonyl (C=O) groups excluding carboxylic acids is 2. The van der Waals surface area contributed by atoms with E-state index in [1.165, 1.54) is 11.1 Å². The first-order chi connectivity index (χ1) is 19.6. The number of benzene rings is 4. The molecule has 0 radical (unpaired) electrons. The molecular weight excluding hydrogens is 496 g/mol. The molecule has 4 aromatic carbocycles. The van der Waals surface area contributed by atoms with Gasteiger partial charge in [0.05, 0.1) is 6.04 Å². The van der Waals surface area contributed by atoms with Crippen molar-refractivity contribution in [2.24, 2.45) is 5.73 Å². The molecule has 4 aromatic rings. The van der Waals surface area contributed by atoms with Crippen molar-refractivity contribution in [2.45, 2.75) is 37.3 Å². The lowest BCUT2D eigenvalue weighted by Crippen LogP contribution is -2.48. The molecule has 2 atom stereocenters. The summed E-state index contributed by atoms with van der Waals surface area (Å²) in [6.45, 7) is 2.24. The molecule has 206 valence electrons. The fraction of sp³-hybridized carbons (Fsp3) is 0.294. The zero-order chi connectivity index (χ0) is 27.7. The standard InChI is InChI=1S/C34H38N4O2/c35-20-17-32-34(40)38(24-31(26-10-3-1-4-11-26)27-12-5-2-6-13-27)22-19-30(37-32)18-21-36-33(39)29-16-15-25-9-7-8-14-28(25)23-29/h1-16,23,30-32,37H,17-22,24,35H2,(H,36,39)/t30-,32+/m1/s1. The summed E-state index contributed by atoms with van der Waals surface area (Å²) in [6.07, 6.45) is 2.13. The second-order valence-electron chi connectivity index (χ2n) is 10.5. The van der Waals surface area contributed by atoms with Crippen LogP contribution >= 0.6 is 0 Å². The first-order valence-electron chi connectivity index (χ1n) is 14.2. The van der Waals surface area contributed by atoms with Gasteiger partial charge in [0, 0.05) is 37.2 Å². The summed E-state index contributed by atoms with van der Waals surface area (Å²) >= 11 is 0. The first-order valence-corrected chi connectivity index (χ1v) is 14.2. The van der Waals surface area contributed by atoms with Gasteiger partial charge in [-0.1, -0.05) is 91.0 Å². The monoisotopic (exact) mass is 534 g/mol. The van der Waals surface area contributed by atoms with E-state index in [0.717, 1.165) is 23.6 Å². The Labute approximate surface area is 236 Å². The van der Waals surface area contributed by atoms with Gasteiger partial charge in [0.25, 0.3) is 5.91 Å². The van der Waals surface area contributed by atoms with E-state index in [0.29, 0.717) is 38.2 Å². The largest absolute Gasteiger partial charge is 0.352 e. The van der Waals surface area contributed by atoms with Crippen LogP contribution in [0.5, 0.6) is 0 Å². The number of fused-ring (bicyclic) bond motifs is 1. The highest BCUT2D eigenvalue weighted by Gasteiger charge is 2.32. The van der Waals surface area contributed by atoms with Gasteiger partial charge >= 0.3 is 0 Å². The van der Waals surface area contributed by atoms with Crippen molar-refractivity contribution in [1.82, 2.24) is 15.5 Å². The molecule has 5 rings (SSSR count). The summed E-state index contributed by atoms with van der Waals surface area (Å²) in [5, 5.41) is 8.80. The van der Waals surface area contributed by atoms with Crippen molar-refractivity contribution in [3.63, 3.8) is 0 Å². The smallest absolute Gasteiger partial charge is 0.251 e. The third-order valence-corrected chi connectivity index (χ3v) is 7.85. The third-order valence-electron chi connectivity index (χ3n) is 7.85. The summed E-state index contributed by atoms with van der Waals surface area (Å²) < 4.78 is 0. The van der Waals surface area contributed by atoms with Crippen molar-refractivity contribution in [3.05, 3.63) is 120 Å². The maximum Gasteiger partial charge on any atom is 0.251 e. The Morgan fingerprint density at radius 3 is 2.20 bits per heavy atom. The Kier molecular flexibility index (Phi) is 9.22. The number of amides is 2. The summed E-state index contributed by atoms with van der Waals surface area (Å²) in [7, 11) is 0. The molecule has 6 nitrogen and oxygen atoms in total. The van der Waals surface area contributed by atoms with Gasteiger partial charge in [-0.3, -0.25) is 9.59 Å². The van der Waals surface area contributed by atoms with Crippen molar-refractivity contribution in [2.75, 3.05) is 26.2 Å². The second kappa shape index (κ2) is 13.4. The summed E-state index contributed by atoms with van der Waals surface area (Å²) in [5.74, 6) is 0.108. The van der Waals surface area contributed by atoms with E-state index in [-0.39, 0.29) is 29.8 Å². The van der Waals surface area contributed by atoms with Gasteiger partial charge in [0.15, 0.2) is 0 Å². The van der Waals surface area contributed by atoms with Crippen molar-refractivity contribution in [3.8, 4) is 0 Å². The molecule has 1 aliphatic rings. The van der Waals surface area contributed by atoms with Gasteiger partial charge in [-0.05, 0) is 59.8 Å². The number of nitrogens with one attached hydrogen (secondary N) is 2. The molecule has 0 aromatic heterocycles. The van der Waals surface area contributed by atoms with Crippen LogP contribution in [0.4, 0.5) is 0 Å². The Hall–Kier alpha value is -4.00. The molecular formula is C34H38N4O2. The fourth-order valence-electron chi connectivity index (χ4n) is 5.65. The Morgan fingerprint density at radius 2 is 1.52 bits per heavy atom. The lowest BCUT2D eigenvalue weighted by molar-refractivity contribution is -0.133. The molecule has 4 N–H and O–H groups in total. The molecule has 1 fully saturated rings. The van der Waals surface area contributed by atoms with Crippen molar-refractivity contribution in [1.29, 1.82) is 0 Å². The van der Waals surface area contributed by atoms with Crippen LogP contribution in [-0.4, -0.2) is 55.0 Å². The van der Waals surface area contributed by atoms with E-state index in [1.54, 1.807) is 0 Å². The predicted octanol–water partition coefficient (Wildman–Crippen LogP) is 4.70. The van der Waals surface area contributed by atoms with Gasteiger partial charge in [-0.25, -0.2) is 0 Å². The van der Waals surface area contributed by atoms with E-state index in [9.17, 15) is 9.59 Å². The molecule has 0 spiro atoms. The molecule has 0 bridgehead atoms. The summed E-state index contributed by atoms with van der Waals surface area (Å²) in [6, 6.07) is 34.4. The lowest BCUT2D eigenvalue weighted by atomic mass is 9.90. The van der Waals surface area contributed by atoms with E-state index < -0.39 is 0 Å². The Morgan fingerprint density at radius 1 is 0.875 bits per heavy atom. The summed E-state index contributed by atoms with van der Waals surface area (Å²) in [5.41, 5.74) is 8.97. The minimum Gasteiger partial charge on any atom is -0.352 e. The second-order valence-corrected chi connectivity index (χ2v) is 10.5. The van der Waals surface area contributed by atoms with E-state index >= 15 is 0 Å². The Bertz CT molecular complexity index is 1370. The molecule has 1 heterocycles. The predicted molar refractivity (Wildman–Crippen MR) is 161 cm³/mol. The van der Waals surface area contributed by atoms with Crippen LogP contribution in [0.25, 0.3) is 10.8 Å². The number of rotatable bonds is 10. The normalized spacial score (nSPS) is 17.6. The zero-order valence-electron chi connectivity index (χ0n) is 22.8. The fourth-order valence-corrected chi connectivity index (χ4v) is 5.65. The van der Waals surface area contributed by atoms with E-state index in [4.69, 9.17) is 5.73 Å². The van der Waals surface area contributed by atoms with Crippen LogP contribution < -0.4 is 16.4 Å². The average Bonchev–Trinajstić information content (AvgIpc) is 3.14.